The van der Waals surface area contributed by atoms with Crippen LogP contribution in [0.5, 0.6) is 0 Å². The average Bonchev–Trinajstić information content (AvgIpc) is 3.59. The number of pyridine rings is 1. The van der Waals surface area contributed by atoms with Crippen molar-refractivity contribution in [3.63, 3.8) is 0 Å². The molecular formula is C26H31N7S. The summed E-state index contributed by atoms with van der Waals surface area (Å²) in [5, 5.41) is 9.93. The maximum atomic E-state index is 5.06. The van der Waals surface area contributed by atoms with Crippen LogP contribution in [0.15, 0.2) is 48.8 Å². The Hall–Kier alpha value is -2.97. The Morgan fingerprint density at radius 3 is 2.56 bits per heavy atom. The zero-order chi connectivity index (χ0) is 22.9. The fourth-order valence-corrected chi connectivity index (χ4v) is 5.97. The summed E-state index contributed by atoms with van der Waals surface area (Å²) in [4.78, 5) is 15.2. The van der Waals surface area contributed by atoms with Crippen LogP contribution in [0.25, 0.3) is 16.2 Å². The van der Waals surface area contributed by atoms with E-state index in [9.17, 15) is 0 Å². The molecule has 4 heterocycles. The van der Waals surface area contributed by atoms with Crippen molar-refractivity contribution in [1.29, 1.82) is 0 Å². The van der Waals surface area contributed by atoms with Crippen molar-refractivity contribution in [1.82, 2.24) is 24.5 Å². The van der Waals surface area contributed by atoms with Crippen molar-refractivity contribution in [2.45, 2.75) is 45.2 Å². The van der Waals surface area contributed by atoms with Crippen molar-refractivity contribution in [2.75, 3.05) is 36.4 Å². The second kappa shape index (κ2) is 9.35. The second-order valence-electron chi connectivity index (χ2n) is 9.50. The number of nitrogens with zero attached hydrogens (tertiary/aromatic N) is 6. The van der Waals surface area contributed by atoms with Crippen LogP contribution in [-0.4, -0.2) is 56.7 Å². The molecule has 1 N–H and O–H groups in total. The number of benzene rings is 1. The molecule has 2 aliphatic rings. The maximum absolute atomic E-state index is 5.06. The quantitative estimate of drug-likeness (QED) is 0.432. The number of aryl methyl sites for hydroxylation is 1. The first-order chi connectivity index (χ1) is 16.7. The minimum Gasteiger partial charge on any atom is -0.365 e. The minimum atomic E-state index is 0.505. The van der Waals surface area contributed by atoms with E-state index in [4.69, 9.17) is 10.1 Å². The number of fused-ring (bicyclic) bond motifs is 1. The van der Waals surface area contributed by atoms with Crippen LogP contribution in [-0.2, 0) is 6.54 Å². The molecule has 2 fully saturated rings. The van der Waals surface area contributed by atoms with Gasteiger partial charge >= 0.3 is 0 Å². The highest BCUT2D eigenvalue weighted by molar-refractivity contribution is 7.20. The Labute approximate surface area is 204 Å². The lowest BCUT2D eigenvalue weighted by Gasteiger charge is -2.34. The number of aromatic nitrogens is 4. The van der Waals surface area contributed by atoms with Crippen LogP contribution in [0.3, 0.4) is 0 Å². The molecule has 1 aliphatic carbocycles. The van der Waals surface area contributed by atoms with E-state index in [0.717, 1.165) is 59.9 Å². The van der Waals surface area contributed by atoms with Gasteiger partial charge in [-0.1, -0.05) is 60.1 Å². The first-order valence-corrected chi connectivity index (χ1v) is 13.1. The molecule has 0 radical (unpaired) electrons. The normalized spacial score (nSPS) is 17.6. The summed E-state index contributed by atoms with van der Waals surface area (Å²) in [5.74, 6) is 1.04. The highest BCUT2D eigenvalue weighted by Gasteiger charge is 2.25. The van der Waals surface area contributed by atoms with Crippen molar-refractivity contribution in [3.8, 4) is 11.3 Å². The minimum absolute atomic E-state index is 0.505. The third kappa shape index (κ3) is 4.40. The highest BCUT2D eigenvalue weighted by atomic mass is 32.1. The molecule has 34 heavy (non-hydrogen) atoms. The van der Waals surface area contributed by atoms with E-state index in [0.29, 0.717) is 6.04 Å². The Balaban J connectivity index is 1.23. The predicted octanol–water partition coefficient (Wildman–Crippen LogP) is 4.84. The third-order valence-corrected chi connectivity index (χ3v) is 7.95. The summed E-state index contributed by atoms with van der Waals surface area (Å²) in [6, 6.07) is 13.3. The number of hydrogen-bond acceptors (Lipinski definition) is 7. The second-order valence-corrected chi connectivity index (χ2v) is 10.4. The molecule has 1 saturated carbocycles. The number of imidazole rings is 1. The zero-order valence-electron chi connectivity index (χ0n) is 19.7. The summed E-state index contributed by atoms with van der Waals surface area (Å²) < 4.78 is 2.05. The molecule has 1 aromatic carbocycles. The lowest BCUT2D eigenvalue weighted by molar-refractivity contribution is 0.249. The summed E-state index contributed by atoms with van der Waals surface area (Å²) in [6.07, 6.45) is 8.83. The molecule has 7 nitrogen and oxygen atoms in total. The molecule has 0 atom stereocenters. The van der Waals surface area contributed by atoms with E-state index in [1.54, 1.807) is 11.3 Å². The molecule has 0 bridgehead atoms. The Kier molecular flexibility index (Phi) is 5.93. The fourth-order valence-electron chi connectivity index (χ4n) is 5.02. The lowest BCUT2D eigenvalue weighted by atomic mass is 10.1. The first-order valence-electron chi connectivity index (χ1n) is 12.3. The van der Waals surface area contributed by atoms with Gasteiger partial charge in [0, 0.05) is 56.7 Å². The number of piperazine rings is 1. The fraction of sp³-hybridized carbons (Fsp3) is 0.423. The Bertz CT molecular complexity index is 1230. The lowest BCUT2D eigenvalue weighted by Crippen LogP contribution is -2.46. The van der Waals surface area contributed by atoms with E-state index < -0.39 is 0 Å². The Morgan fingerprint density at radius 2 is 1.82 bits per heavy atom. The maximum Gasteiger partial charge on any atom is 0.216 e. The highest BCUT2D eigenvalue weighted by Crippen LogP contribution is 2.35. The molecule has 3 aromatic heterocycles. The van der Waals surface area contributed by atoms with Crippen molar-refractivity contribution < 1.29 is 0 Å². The molecule has 6 rings (SSSR count). The molecular weight excluding hydrogens is 442 g/mol. The van der Waals surface area contributed by atoms with E-state index >= 15 is 0 Å². The smallest absolute Gasteiger partial charge is 0.216 e. The number of rotatable bonds is 6. The van der Waals surface area contributed by atoms with Crippen LogP contribution in [0.2, 0.25) is 0 Å². The average molecular weight is 474 g/mol. The summed E-state index contributed by atoms with van der Waals surface area (Å²) in [5.41, 5.74) is 4.70. The third-order valence-electron chi connectivity index (χ3n) is 6.99. The first kappa shape index (κ1) is 21.6. The van der Waals surface area contributed by atoms with E-state index in [-0.39, 0.29) is 0 Å². The summed E-state index contributed by atoms with van der Waals surface area (Å²) in [7, 11) is 0. The van der Waals surface area contributed by atoms with Gasteiger partial charge < -0.3 is 10.2 Å². The van der Waals surface area contributed by atoms with Crippen LogP contribution in [0, 0.1) is 6.92 Å². The van der Waals surface area contributed by atoms with Gasteiger partial charge in [0.15, 0.2) is 5.82 Å². The molecule has 4 aromatic rings. The van der Waals surface area contributed by atoms with Gasteiger partial charge in [-0.15, -0.1) is 5.10 Å². The predicted molar refractivity (Wildman–Crippen MR) is 139 cm³/mol. The zero-order valence-corrected chi connectivity index (χ0v) is 20.5. The number of hydrogen-bond donors (Lipinski definition) is 1. The van der Waals surface area contributed by atoms with Crippen molar-refractivity contribution in [2.24, 2.45) is 0 Å². The van der Waals surface area contributed by atoms with Gasteiger partial charge in [-0.3, -0.25) is 9.88 Å². The van der Waals surface area contributed by atoms with E-state index in [2.05, 4.69) is 61.9 Å². The SMILES string of the molecule is Cc1ccc(-c2nc3sc(N4CCN(Cc5cccnc5)CC4)nn3c2NC2CCCC2)cc1. The molecule has 1 aliphatic heterocycles. The van der Waals surface area contributed by atoms with Crippen molar-refractivity contribution >= 4 is 27.2 Å². The van der Waals surface area contributed by atoms with Gasteiger partial charge in [0.2, 0.25) is 10.1 Å². The van der Waals surface area contributed by atoms with E-state index in [1.807, 2.05) is 18.5 Å². The molecule has 176 valence electrons. The summed E-state index contributed by atoms with van der Waals surface area (Å²) >= 11 is 1.70. The van der Waals surface area contributed by atoms with Gasteiger partial charge in [-0.25, -0.2) is 4.98 Å². The standard InChI is InChI=1S/C26H31N7S/c1-19-8-10-21(11-9-19)23-24(28-22-6-2-3-7-22)33-25(29-23)34-26(30-33)32-15-13-31(14-16-32)18-20-5-4-12-27-17-20/h4-5,8-12,17,22,28H,2-3,6-7,13-16,18H2,1H3. The molecule has 1 saturated heterocycles. The van der Waals surface area contributed by atoms with Gasteiger partial charge in [0.1, 0.15) is 5.69 Å². The molecule has 0 spiro atoms. The van der Waals surface area contributed by atoms with E-state index in [1.165, 1.54) is 36.8 Å². The van der Waals surface area contributed by atoms with Gasteiger partial charge in [0.25, 0.3) is 0 Å². The van der Waals surface area contributed by atoms with Gasteiger partial charge in [-0.2, -0.15) is 4.52 Å². The van der Waals surface area contributed by atoms with Crippen LogP contribution in [0.1, 0.15) is 36.8 Å². The summed E-state index contributed by atoms with van der Waals surface area (Å²) in [6.45, 7) is 7.09. The van der Waals surface area contributed by atoms with Gasteiger partial charge in [0.05, 0.1) is 0 Å². The van der Waals surface area contributed by atoms with Crippen LogP contribution < -0.4 is 10.2 Å². The molecule has 8 heteroatoms. The van der Waals surface area contributed by atoms with Crippen LogP contribution in [0.4, 0.5) is 10.9 Å². The largest absolute Gasteiger partial charge is 0.365 e. The molecule has 0 amide bonds. The molecule has 0 unspecified atom stereocenters. The Morgan fingerprint density at radius 1 is 1.03 bits per heavy atom. The van der Waals surface area contributed by atoms with Gasteiger partial charge in [-0.05, 0) is 31.4 Å². The monoisotopic (exact) mass is 473 g/mol. The number of nitrogens with one attached hydrogen (secondary N) is 1. The van der Waals surface area contributed by atoms with Crippen molar-refractivity contribution in [3.05, 3.63) is 59.9 Å². The van der Waals surface area contributed by atoms with Crippen LogP contribution >= 0.6 is 11.3 Å². The topological polar surface area (TPSA) is 61.6 Å². The number of anilines is 2.